The van der Waals surface area contributed by atoms with Crippen LogP contribution in [0.5, 0.6) is 0 Å². The first-order chi connectivity index (χ1) is 9.38. The fourth-order valence-electron chi connectivity index (χ4n) is 1.67. The Morgan fingerprint density at radius 1 is 1.19 bits per heavy atom. The molecule has 1 saturated heterocycles. The maximum atomic E-state index is 11.7. The smallest absolute Gasteiger partial charge is 0.414 e. The predicted octanol–water partition coefficient (Wildman–Crippen LogP) is 1.65. The van der Waals surface area contributed by atoms with E-state index in [0.717, 1.165) is 6.21 Å². The number of nitrogens with one attached hydrogen (secondary N) is 1. The third kappa shape index (κ3) is 4.66. The number of primary amides is 1. The normalized spacial score (nSPS) is 21.3. The molecule has 1 aliphatic heterocycles. The first-order valence-corrected chi connectivity index (χ1v) is 7.02. The van der Waals surface area contributed by atoms with Crippen LogP contribution in [0.4, 0.5) is 4.79 Å². The Kier molecular flexibility index (Phi) is 5.03. The molecular weight excluding hydrogens is 271 g/mol. The lowest BCUT2D eigenvalue weighted by Crippen LogP contribution is -2.83. The number of carbonyl (C=O) groups is 1. The van der Waals surface area contributed by atoms with Gasteiger partial charge in [0.2, 0.25) is 0 Å². The van der Waals surface area contributed by atoms with Crippen LogP contribution in [0.2, 0.25) is 0 Å². The molecule has 1 rings (SSSR count). The highest BCUT2D eigenvalue weighted by Gasteiger charge is 2.52. The molecule has 0 bridgehead atoms. The summed E-state index contributed by atoms with van der Waals surface area (Å²) in [6, 6.07) is 0. The van der Waals surface area contributed by atoms with Crippen molar-refractivity contribution in [2.45, 2.75) is 65.3 Å². The van der Waals surface area contributed by atoms with Crippen molar-refractivity contribution in [3.63, 3.8) is 0 Å². The zero-order valence-corrected chi connectivity index (χ0v) is 13.9. The van der Waals surface area contributed by atoms with Crippen molar-refractivity contribution in [1.29, 1.82) is 5.41 Å². The van der Waals surface area contributed by atoms with E-state index in [2.05, 4.69) is 0 Å². The van der Waals surface area contributed by atoms with E-state index in [1.807, 2.05) is 27.7 Å². The number of allylic oxidation sites excluding steroid dienone is 1. The van der Waals surface area contributed by atoms with Gasteiger partial charge in [0, 0.05) is 6.21 Å². The summed E-state index contributed by atoms with van der Waals surface area (Å²) in [7, 11) is -0.661. The Morgan fingerprint density at radius 3 is 2.05 bits per heavy atom. The molecule has 1 aliphatic rings. The molecule has 7 heteroatoms. The summed E-state index contributed by atoms with van der Waals surface area (Å²) >= 11 is 0. The summed E-state index contributed by atoms with van der Waals surface area (Å²) in [4.78, 5) is 11.7. The number of hydrogen-bond acceptors (Lipinski definition) is 5. The molecule has 0 aromatic heterocycles. The topological polar surface area (TPSA) is 85.2 Å². The van der Waals surface area contributed by atoms with Crippen LogP contribution in [0.1, 0.15) is 48.5 Å². The van der Waals surface area contributed by atoms with Gasteiger partial charge in [-0.15, -0.1) is 0 Å². The highest BCUT2D eigenvalue weighted by atomic mass is 16.7. The molecule has 118 valence electrons. The average molecular weight is 297 g/mol. The maximum Gasteiger partial charge on any atom is 0.517 e. The van der Waals surface area contributed by atoms with E-state index in [4.69, 9.17) is 19.5 Å². The minimum atomic E-state index is -0.661. The number of carbonyl (C=O) groups excluding carboxylic acids is 1. The molecule has 6 nitrogen and oxygen atoms in total. The van der Waals surface area contributed by atoms with Gasteiger partial charge in [0.1, 0.15) is 11.8 Å². The van der Waals surface area contributed by atoms with Gasteiger partial charge in [-0.2, -0.15) is 4.79 Å². The number of nitrogens with two attached hydrogens (primary N) is 1. The van der Waals surface area contributed by atoms with E-state index in [-0.39, 0.29) is 0 Å². The zero-order valence-electron chi connectivity index (χ0n) is 13.9. The van der Waals surface area contributed by atoms with Gasteiger partial charge >= 0.3 is 13.2 Å². The SMILES string of the molecule is CC(C)(C)OC(=O)[NH2+]/C=C(\C=N)B1OC(C)(C)C(C)(C)O1. The Bertz CT molecular complexity index is 436. The monoisotopic (exact) mass is 297 g/mol. The molecule has 1 amide bonds. The van der Waals surface area contributed by atoms with Crippen molar-refractivity contribution in [2.24, 2.45) is 0 Å². The molecule has 0 radical (unpaired) electrons. The third-order valence-electron chi connectivity index (χ3n) is 3.51. The van der Waals surface area contributed by atoms with E-state index >= 15 is 0 Å². The predicted molar refractivity (Wildman–Crippen MR) is 81.1 cm³/mol. The van der Waals surface area contributed by atoms with Gasteiger partial charge in [0.25, 0.3) is 0 Å². The van der Waals surface area contributed by atoms with E-state index in [1.54, 1.807) is 20.8 Å². The minimum Gasteiger partial charge on any atom is -0.414 e. The van der Waals surface area contributed by atoms with Gasteiger partial charge < -0.3 is 19.5 Å². The standard InChI is InChI=1S/C14H25BN2O4/c1-12(2,3)19-11(18)17-9-10(8-16)15-20-13(4,5)14(6,7)21-15/h8-9,16H,1-7H3,(H,17,18)/p+1/b10-9+,16-8?. The fourth-order valence-corrected chi connectivity index (χ4v) is 1.67. The van der Waals surface area contributed by atoms with E-state index in [1.165, 1.54) is 11.5 Å². The van der Waals surface area contributed by atoms with Crippen LogP contribution >= 0.6 is 0 Å². The van der Waals surface area contributed by atoms with Gasteiger partial charge in [-0.1, -0.05) is 0 Å². The number of rotatable bonds is 3. The molecular formula is C14H26BN2O4+. The van der Waals surface area contributed by atoms with Crippen molar-refractivity contribution in [1.82, 2.24) is 0 Å². The Balaban J connectivity index is 2.75. The lowest BCUT2D eigenvalue weighted by molar-refractivity contribution is -0.503. The third-order valence-corrected chi connectivity index (χ3v) is 3.51. The lowest BCUT2D eigenvalue weighted by atomic mass is 9.79. The van der Waals surface area contributed by atoms with Gasteiger partial charge in [0.05, 0.1) is 16.7 Å². The van der Waals surface area contributed by atoms with Crippen LogP contribution in [0, 0.1) is 5.41 Å². The summed E-state index contributed by atoms with van der Waals surface area (Å²) in [6.07, 6.45) is 2.17. The van der Waals surface area contributed by atoms with Crippen molar-refractivity contribution in [3.8, 4) is 0 Å². The van der Waals surface area contributed by atoms with Crippen LogP contribution in [0.3, 0.4) is 0 Å². The first kappa shape index (κ1) is 17.9. The zero-order chi connectivity index (χ0) is 16.5. The van der Waals surface area contributed by atoms with Crippen molar-refractivity contribution in [2.75, 3.05) is 0 Å². The van der Waals surface area contributed by atoms with Gasteiger partial charge in [0.15, 0.2) is 0 Å². The second-order valence-electron chi connectivity index (χ2n) is 7.10. The molecule has 0 aromatic rings. The number of amides is 1. The Hall–Kier alpha value is -1.18. The first-order valence-electron chi connectivity index (χ1n) is 7.02. The van der Waals surface area contributed by atoms with E-state index in [9.17, 15) is 4.79 Å². The summed E-state index contributed by atoms with van der Waals surface area (Å²) in [5.74, 6) is 0. The van der Waals surface area contributed by atoms with E-state index < -0.39 is 30.0 Å². The van der Waals surface area contributed by atoms with Crippen LogP contribution in [-0.2, 0) is 14.0 Å². The summed E-state index contributed by atoms with van der Waals surface area (Å²) in [5.41, 5.74) is -1.03. The fraction of sp³-hybridized carbons (Fsp3) is 0.714. The van der Waals surface area contributed by atoms with Gasteiger partial charge in [-0.05, 0) is 48.5 Å². The minimum absolute atomic E-state index is 0.460. The van der Waals surface area contributed by atoms with Crippen LogP contribution in [-0.4, -0.2) is 36.2 Å². The summed E-state index contributed by atoms with van der Waals surface area (Å²) in [6.45, 7) is 13.1. The molecule has 3 N–H and O–H groups in total. The molecule has 0 aromatic carbocycles. The molecule has 1 fully saturated rings. The number of ether oxygens (including phenoxy) is 1. The van der Waals surface area contributed by atoms with Crippen LogP contribution in [0.25, 0.3) is 0 Å². The number of hydrogen-bond donors (Lipinski definition) is 2. The van der Waals surface area contributed by atoms with Gasteiger partial charge in [-0.3, -0.25) is 0 Å². The van der Waals surface area contributed by atoms with Gasteiger partial charge in [-0.25, -0.2) is 5.32 Å². The van der Waals surface area contributed by atoms with E-state index in [0.29, 0.717) is 5.47 Å². The maximum absolute atomic E-state index is 11.7. The molecule has 0 aliphatic carbocycles. The lowest BCUT2D eigenvalue weighted by Gasteiger charge is -2.32. The van der Waals surface area contributed by atoms with Crippen molar-refractivity contribution in [3.05, 3.63) is 11.7 Å². The molecule has 21 heavy (non-hydrogen) atoms. The molecule has 0 spiro atoms. The highest BCUT2D eigenvalue weighted by molar-refractivity contribution is 6.60. The summed E-state index contributed by atoms with van der Waals surface area (Å²) in [5, 5.41) is 8.77. The largest absolute Gasteiger partial charge is 0.517 e. The molecule has 0 saturated carbocycles. The average Bonchev–Trinajstić information content (AvgIpc) is 2.46. The Labute approximate surface area is 126 Å². The summed E-state index contributed by atoms with van der Waals surface area (Å²) < 4.78 is 16.9. The van der Waals surface area contributed by atoms with Crippen LogP contribution < -0.4 is 5.32 Å². The number of quaternary nitrogens is 1. The van der Waals surface area contributed by atoms with Crippen LogP contribution in [0.15, 0.2) is 11.7 Å². The molecule has 0 unspecified atom stereocenters. The second-order valence-corrected chi connectivity index (χ2v) is 7.10. The molecule has 1 heterocycles. The second kappa shape index (κ2) is 5.91. The van der Waals surface area contributed by atoms with Crippen molar-refractivity contribution >= 4 is 19.4 Å². The molecule has 0 atom stereocenters. The Morgan fingerprint density at radius 2 is 1.67 bits per heavy atom. The highest BCUT2D eigenvalue weighted by Crippen LogP contribution is 2.37. The quantitative estimate of drug-likeness (QED) is 0.612. The van der Waals surface area contributed by atoms with Crippen molar-refractivity contribution < 1.29 is 24.2 Å².